The summed E-state index contributed by atoms with van der Waals surface area (Å²) in [7, 11) is 2.03. The average molecular weight is 395 g/mol. The van der Waals surface area contributed by atoms with E-state index in [2.05, 4.69) is 79.2 Å². The summed E-state index contributed by atoms with van der Waals surface area (Å²) in [4.78, 5) is 5.76. The van der Waals surface area contributed by atoms with Gasteiger partial charge in [0, 0.05) is 33.6 Å². The molecule has 0 spiro atoms. The van der Waals surface area contributed by atoms with Crippen LogP contribution in [0.15, 0.2) is 54.2 Å². The minimum atomic E-state index is 0.0770. The van der Waals surface area contributed by atoms with Crippen molar-refractivity contribution in [2.75, 3.05) is 5.32 Å². The van der Waals surface area contributed by atoms with Crippen LogP contribution in [-0.4, -0.2) is 9.55 Å². The highest BCUT2D eigenvalue weighted by atomic mass is 127. The van der Waals surface area contributed by atoms with Crippen molar-refractivity contribution in [1.82, 2.24) is 9.55 Å². The normalized spacial score (nSPS) is 12.3. The number of aromatic nitrogens is 2. The number of anilines is 1. The first kappa shape index (κ1) is 13.6. The SMILES string of the molecule is Cn1ccnc1C(Nc1cccc(I)c1)c1cccs1. The Balaban J connectivity index is 1.97. The first-order valence-corrected chi connectivity index (χ1v) is 8.22. The molecule has 0 amide bonds. The van der Waals surface area contributed by atoms with Crippen LogP contribution in [0.3, 0.4) is 0 Å². The molecule has 3 nitrogen and oxygen atoms in total. The molecule has 20 heavy (non-hydrogen) atoms. The van der Waals surface area contributed by atoms with Gasteiger partial charge in [-0.05, 0) is 52.2 Å². The van der Waals surface area contributed by atoms with E-state index in [1.54, 1.807) is 11.3 Å². The van der Waals surface area contributed by atoms with Crippen molar-refractivity contribution >= 4 is 39.6 Å². The van der Waals surface area contributed by atoms with Crippen LogP contribution in [-0.2, 0) is 7.05 Å². The van der Waals surface area contributed by atoms with E-state index in [9.17, 15) is 0 Å². The lowest BCUT2D eigenvalue weighted by Crippen LogP contribution is -2.15. The van der Waals surface area contributed by atoms with Crippen LogP contribution in [0.1, 0.15) is 16.7 Å². The highest BCUT2D eigenvalue weighted by Crippen LogP contribution is 2.29. The van der Waals surface area contributed by atoms with Crippen molar-refractivity contribution in [3.63, 3.8) is 0 Å². The Kier molecular flexibility index (Phi) is 4.07. The first-order valence-electron chi connectivity index (χ1n) is 6.27. The van der Waals surface area contributed by atoms with E-state index in [4.69, 9.17) is 0 Å². The Morgan fingerprint density at radius 2 is 2.20 bits per heavy atom. The Labute approximate surface area is 135 Å². The van der Waals surface area contributed by atoms with Crippen molar-refractivity contribution in [2.24, 2.45) is 7.05 Å². The molecule has 0 fully saturated rings. The minimum absolute atomic E-state index is 0.0770. The summed E-state index contributed by atoms with van der Waals surface area (Å²) in [6, 6.07) is 12.7. The van der Waals surface area contributed by atoms with Gasteiger partial charge in [-0.15, -0.1) is 11.3 Å². The quantitative estimate of drug-likeness (QED) is 0.668. The predicted octanol–water partition coefficient (Wildman–Crippen LogP) is 4.29. The van der Waals surface area contributed by atoms with Gasteiger partial charge < -0.3 is 9.88 Å². The molecule has 5 heteroatoms. The van der Waals surface area contributed by atoms with Gasteiger partial charge in [0.05, 0.1) is 0 Å². The molecular formula is C15H14IN3S. The van der Waals surface area contributed by atoms with E-state index in [1.165, 1.54) is 8.45 Å². The van der Waals surface area contributed by atoms with Gasteiger partial charge in [0.25, 0.3) is 0 Å². The molecule has 1 unspecified atom stereocenters. The third kappa shape index (κ3) is 2.88. The largest absolute Gasteiger partial charge is 0.371 e. The molecule has 0 radical (unpaired) electrons. The molecule has 0 aliphatic carbocycles. The maximum atomic E-state index is 4.50. The van der Waals surface area contributed by atoms with Crippen LogP contribution in [0.25, 0.3) is 0 Å². The summed E-state index contributed by atoms with van der Waals surface area (Å²) in [6.45, 7) is 0. The molecule has 0 saturated carbocycles. The molecule has 1 atom stereocenters. The number of halogens is 1. The molecule has 3 rings (SSSR count). The number of imidazole rings is 1. The molecule has 1 aromatic carbocycles. The second-order valence-electron chi connectivity index (χ2n) is 4.50. The van der Waals surface area contributed by atoms with E-state index < -0.39 is 0 Å². The molecular weight excluding hydrogens is 381 g/mol. The summed E-state index contributed by atoms with van der Waals surface area (Å²) in [5.74, 6) is 1.02. The van der Waals surface area contributed by atoms with Crippen LogP contribution in [0.5, 0.6) is 0 Å². The summed E-state index contributed by atoms with van der Waals surface area (Å²) in [6.07, 6.45) is 3.82. The van der Waals surface area contributed by atoms with Crippen LogP contribution < -0.4 is 5.32 Å². The van der Waals surface area contributed by atoms with Crippen molar-refractivity contribution in [3.8, 4) is 0 Å². The molecule has 0 bridgehead atoms. The number of hydrogen-bond donors (Lipinski definition) is 1. The van der Waals surface area contributed by atoms with Crippen molar-refractivity contribution in [1.29, 1.82) is 0 Å². The third-order valence-electron chi connectivity index (χ3n) is 3.08. The summed E-state index contributed by atoms with van der Waals surface area (Å²) in [5, 5.41) is 5.69. The average Bonchev–Trinajstić information content (AvgIpc) is 3.07. The molecule has 0 saturated heterocycles. The number of hydrogen-bond acceptors (Lipinski definition) is 3. The highest BCUT2D eigenvalue weighted by Gasteiger charge is 2.19. The Morgan fingerprint density at radius 3 is 2.85 bits per heavy atom. The lowest BCUT2D eigenvalue weighted by Gasteiger charge is -2.18. The topological polar surface area (TPSA) is 29.9 Å². The summed E-state index contributed by atoms with van der Waals surface area (Å²) < 4.78 is 3.28. The molecule has 3 aromatic rings. The van der Waals surface area contributed by atoms with Crippen LogP contribution in [0.2, 0.25) is 0 Å². The van der Waals surface area contributed by atoms with Gasteiger partial charge in [0.15, 0.2) is 0 Å². The number of benzene rings is 1. The van der Waals surface area contributed by atoms with Gasteiger partial charge in [0.2, 0.25) is 0 Å². The zero-order valence-corrected chi connectivity index (χ0v) is 13.9. The van der Waals surface area contributed by atoms with Crippen LogP contribution in [0, 0.1) is 3.57 Å². The van der Waals surface area contributed by atoms with E-state index in [-0.39, 0.29) is 6.04 Å². The zero-order valence-electron chi connectivity index (χ0n) is 11.0. The monoisotopic (exact) mass is 395 g/mol. The zero-order chi connectivity index (χ0) is 13.9. The van der Waals surface area contributed by atoms with E-state index in [0.717, 1.165) is 11.5 Å². The van der Waals surface area contributed by atoms with Gasteiger partial charge in [-0.25, -0.2) is 4.98 Å². The van der Waals surface area contributed by atoms with E-state index >= 15 is 0 Å². The summed E-state index contributed by atoms with van der Waals surface area (Å²) in [5.41, 5.74) is 1.11. The van der Waals surface area contributed by atoms with Crippen molar-refractivity contribution in [2.45, 2.75) is 6.04 Å². The molecule has 0 aliphatic heterocycles. The predicted molar refractivity (Wildman–Crippen MR) is 92.2 cm³/mol. The second-order valence-corrected chi connectivity index (χ2v) is 6.72. The lowest BCUT2D eigenvalue weighted by molar-refractivity contribution is 0.756. The van der Waals surface area contributed by atoms with Gasteiger partial charge in [0.1, 0.15) is 11.9 Å². The number of nitrogens with zero attached hydrogens (tertiary/aromatic N) is 2. The molecule has 2 heterocycles. The fraction of sp³-hybridized carbons (Fsp3) is 0.133. The molecule has 0 aliphatic rings. The Bertz CT molecular complexity index is 691. The van der Waals surface area contributed by atoms with E-state index in [1.807, 2.05) is 19.4 Å². The van der Waals surface area contributed by atoms with Gasteiger partial charge in [-0.2, -0.15) is 0 Å². The fourth-order valence-electron chi connectivity index (χ4n) is 2.12. The second kappa shape index (κ2) is 5.97. The van der Waals surface area contributed by atoms with Gasteiger partial charge in [-0.1, -0.05) is 12.1 Å². The molecule has 102 valence electrons. The third-order valence-corrected chi connectivity index (χ3v) is 4.69. The maximum absolute atomic E-state index is 4.50. The molecule has 2 aromatic heterocycles. The fourth-order valence-corrected chi connectivity index (χ4v) is 3.43. The minimum Gasteiger partial charge on any atom is -0.371 e. The number of aryl methyl sites for hydroxylation is 1. The smallest absolute Gasteiger partial charge is 0.136 e. The first-order chi connectivity index (χ1) is 9.74. The van der Waals surface area contributed by atoms with E-state index in [0.29, 0.717) is 0 Å². The standard InChI is InChI=1S/C15H14IN3S/c1-19-8-7-17-15(19)14(13-6-3-9-20-13)18-12-5-2-4-11(16)10-12/h2-10,14,18H,1H3. The van der Waals surface area contributed by atoms with Crippen LogP contribution in [0.4, 0.5) is 5.69 Å². The van der Waals surface area contributed by atoms with Crippen molar-refractivity contribution < 1.29 is 0 Å². The Hall–Kier alpha value is -1.34. The summed E-state index contributed by atoms with van der Waals surface area (Å²) >= 11 is 4.07. The maximum Gasteiger partial charge on any atom is 0.136 e. The number of thiophene rings is 1. The Morgan fingerprint density at radius 1 is 1.30 bits per heavy atom. The lowest BCUT2D eigenvalue weighted by atomic mass is 10.2. The van der Waals surface area contributed by atoms with Gasteiger partial charge >= 0.3 is 0 Å². The highest BCUT2D eigenvalue weighted by molar-refractivity contribution is 14.1. The number of rotatable bonds is 4. The molecule has 1 N–H and O–H groups in total. The number of nitrogens with one attached hydrogen (secondary N) is 1. The van der Waals surface area contributed by atoms with Crippen LogP contribution >= 0.6 is 33.9 Å². The van der Waals surface area contributed by atoms with Crippen molar-refractivity contribution in [3.05, 3.63) is 68.4 Å². The van der Waals surface area contributed by atoms with Gasteiger partial charge in [-0.3, -0.25) is 0 Å².